The average Bonchev–Trinajstić information content (AvgIpc) is 2.67. The van der Waals surface area contributed by atoms with E-state index in [1.54, 1.807) is 6.07 Å². The van der Waals surface area contributed by atoms with Crippen molar-refractivity contribution < 1.29 is 4.79 Å². The van der Waals surface area contributed by atoms with E-state index in [1.165, 1.54) is 0 Å². The van der Waals surface area contributed by atoms with Gasteiger partial charge in [-0.15, -0.1) is 0 Å². The maximum absolute atomic E-state index is 12.8. The van der Waals surface area contributed by atoms with Crippen molar-refractivity contribution in [3.63, 3.8) is 0 Å². The molecule has 1 heterocycles. The molecule has 0 spiro atoms. The fourth-order valence-corrected chi connectivity index (χ4v) is 2.79. The zero-order valence-electron chi connectivity index (χ0n) is 15.0. The van der Waals surface area contributed by atoms with Gasteiger partial charge in [-0.1, -0.05) is 66.7 Å². The van der Waals surface area contributed by atoms with Gasteiger partial charge in [-0.05, 0) is 37.1 Å². The molecule has 2 N–H and O–H groups in total. The Morgan fingerprint density at radius 2 is 1.38 bits per heavy atom. The Balaban J connectivity index is 1.86. The highest BCUT2D eigenvalue weighted by Crippen LogP contribution is 2.22. The lowest BCUT2D eigenvalue weighted by atomic mass is 9.98. The second kappa shape index (κ2) is 8.30. The lowest BCUT2D eigenvalue weighted by Crippen LogP contribution is -2.30. The molecule has 2 aromatic carbocycles. The zero-order valence-corrected chi connectivity index (χ0v) is 15.0. The highest BCUT2D eigenvalue weighted by Gasteiger charge is 2.18. The molecule has 0 aliphatic rings. The molecule has 0 unspecified atom stereocenters. The van der Waals surface area contributed by atoms with Gasteiger partial charge in [-0.2, -0.15) is 0 Å². The number of nitrogens with one attached hydrogen (secondary N) is 2. The maximum Gasteiger partial charge on any atom is 0.270 e. The molecule has 0 bridgehead atoms. The summed E-state index contributed by atoms with van der Waals surface area (Å²) in [4.78, 5) is 17.3. The number of benzene rings is 2. The SMILES string of the molecule is CC(C)Nc1cccc(C(=O)NC(c2ccccc2)c2ccccc2)n1. The predicted molar refractivity (Wildman–Crippen MR) is 105 cm³/mol. The van der Waals surface area contributed by atoms with Crippen LogP contribution in [0.3, 0.4) is 0 Å². The third-order valence-corrected chi connectivity index (χ3v) is 3.96. The number of carbonyl (C=O) groups is 1. The Hall–Kier alpha value is -3.14. The van der Waals surface area contributed by atoms with Crippen molar-refractivity contribution in [1.29, 1.82) is 0 Å². The van der Waals surface area contributed by atoms with Crippen LogP contribution in [0.1, 0.15) is 41.5 Å². The molecule has 0 aliphatic heterocycles. The summed E-state index contributed by atoms with van der Waals surface area (Å²) >= 11 is 0. The highest BCUT2D eigenvalue weighted by molar-refractivity contribution is 5.93. The number of nitrogens with zero attached hydrogens (tertiary/aromatic N) is 1. The standard InChI is InChI=1S/C22H23N3O/c1-16(2)23-20-15-9-14-19(24-20)22(26)25-21(17-10-5-3-6-11-17)18-12-7-4-8-13-18/h3-16,21H,1-2H3,(H,23,24)(H,25,26). The third-order valence-electron chi connectivity index (χ3n) is 3.96. The molecular formula is C22H23N3O. The summed E-state index contributed by atoms with van der Waals surface area (Å²) in [6, 6.07) is 25.4. The highest BCUT2D eigenvalue weighted by atomic mass is 16.1. The summed E-state index contributed by atoms with van der Waals surface area (Å²) in [5.74, 6) is 0.499. The molecule has 26 heavy (non-hydrogen) atoms. The number of amides is 1. The van der Waals surface area contributed by atoms with Crippen LogP contribution in [0.25, 0.3) is 0 Å². The van der Waals surface area contributed by atoms with Crippen LogP contribution in [0.5, 0.6) is 0 Å². The van der Waals surface area contributed by atoms with Crippen LogP contribution in [-0.4, -0.2) is 16.9 Å². The fraction of sp³-hybridized carbons (Fsp3) is 0.182. The summed E-state index contributed by atoms with van der Waals surface area (Å²) in [5, 5.41) is 6.34. The molecule has 3 rings (SSSR count). The van der Waals surface area contributed by atoms with Gasteiger partial charge in [0.1, 0.15) is 11.5 Å². The van der Waals surface area contributed by atoms with Gasteiger partial charge < -0.3 is 10.6 Å². The van der Waals surface area contributed by atoms with E-state index in [0.717, 1.165) is 11.1 Å². The maximum atomic E-state index is 12.8. The van der Waals surface area contributed by atoms with E-state index in [4.69, 9.17) is 0 Å². The molecule has 0 fully saturated rings. The number of rotatable bonds is 6. The Kier molecular flexibility index (Phi) is 5.64. The van der Waals surface area contributed by atoms with E-state index >= 15 is 0 Å². The first-order chi connectivity index (χ1) is 12.6. The van der Waals surface area contributed by atoms with Crippen LogP contribution < -0.4 is 10.6 Å². The number of hydrogen-bond acceptors (Lipinski definition) is 3. The van der Waals surface area contributed by atoms with Crippen LogP contribution >= 0.6 is 0 Å². The minimum absolute atomic E-state index is 0.199. The second-order valence-electron chi connectivity index (χ2n) is 6.43. The van der Waals surface area contributed by atoms with Crippen LogP contribution in [0, 0.1) is 0 Å². The van der Waals surface area contributed by atoms with E-state index in [-0.39, 0.29) is 18.0 Å². The minimum Gasteiger partial charge on any atom is -0.368 e. The van der Waals surface area contributed by atoms with Gasteiger partial charge in [-0.3, -0.25) is 4.79 Å². The van der Waals surface area contributed by atoms with Crippen LogP contribution in [0.4, 0.5) is 5.82 Å². The van der Waals surface area contributed by atoms with Crippen molar-refractivity contribution in [3.8, 4) is 0 Å². The summed E-state index contributed by atoms with van der Waals surface area (Å²) in [6.07, 6.45) is 0. The molecule has 0 saturated carbocycles. The largest absolute Gasteiger partial charge is 0.368 e. The smallest absolute Gasteiger partial charge is 0.270 e. The summed E-state index contributed by atoms with van der Waals surface area (Å²) in [6.45, 7) is 4.07. The molecule has 0 radical (unpaired) electrons. The Morgan fingerprint density at radius 3 is 1.92 bits per heavy atom. The van der Waals surface area contributed by atoms with Gasteiger partial charge in [0.25, 0.3) is 5.91 Å². The van der Waals surface area contributed by atoms with E-state index in [1.807, 2.05) is 86.6 Å². The Labute approximate surface area is 154 Å². The molecule has 1 amide bonds. The van der Waals surface area contributed by atoms with Gasteiger partial charge in [0, 0.05) is 6.04 Å². The van der Waals surface area contributed by atoms with E-state index in [2.05, 4.69) is 15.6 Å². The van der Waals surface area contributed by atoms with Crippen LogP contribution in [-0.2, 0) is 0 Å². The first-order valence-corrected chi connectivity index (χ1v) is 8.78. The lowest BCUT2D eigenvalue weighted by Gasteiger charge is -2.20. The Bertz CT molecular complexity index is 808. The van der Waals surface area contributed by atoms with E-state index in [9.17, 15) is 4.79 Å². The monoisotopic (exact) mass is 345 g/mol. The van der Waals surface area contributed by atoms with Crippen molar-refractivity contribution in [1.82, 2.24) is 10.3 Å². The van der Waals surface area contributed by atoms with Gasteiger partial charge >= 0.3 is 0 Å². The van der Waals surface area contributed by atoms with Crippen molar-refractivity contribution in [2.24, 2.45) is 0 Å². The molecule has 4 heteroatoms. The Morgan fingerprint density at radius 1 is 0.808 bits per heavy atom. The average molecular weight is 345 g/mol. The van der Waals surface area contributed by atoms with E-state index in [0.29, 0.717) is 11.5 Å². The predicted octanol–water partition coefficient (Wildman–Crippen LogP) is 4.42. The van der Waals surface area contributed by atoms with Gasteiger partial charge in [0.05, 0.1) is 6.04 Å². The molecule has 0 aliphatic carbocycles. The van der Waals surface area contributed by atoms with Gasteiger partial charge in [0.15, 0.2) is 0 Å². The molecule has 0 atom stereocenters. The normalized spacial score (nSPS) is 10.8. The zero-order chi connectivity index (χ0) is 18.4. The number of pyridine rings is 1. The molecule has 3 aromatic rings. The molecule has 132 valence electrons. The molecule has 1 aromatic heterocycles. The lowest BCUT2D eigenvalue weighted by molar-refractivity contribution is 0.0938. The number of carbonyl (C=O) groups excluding carboxylic acids is 1. The number of anilines is 1. The van der Waals surface area contributed by atoms with Crippen LogP contribution in [0.15, 0.2) is 78.9 Å². The third kappa shape index (κ3) is 4.48. The van der Waals surface area contributed by atoms with Crippen molar-refractivity contribution >= 4 is 11.7 Å². The van der Waals surface area contributed by atoms with Gasteiger partial charge in [0.2, 0.25) is 0 Å². The van der Waals surface area contributed by atoms with Crippen molar-refractivity contribution in [2.75, 3.05) is 5.32 Å². The fourth-order valence-electron chi connectivity index (χ4n) is 2.79. The molecular weight excluding hydrogens is 322 g/mol. The first-order valence-electron chi connectivity index (χ1n) is 8.78. The summed E-state index contributed by atoms with van der Waals surface area (Å²) in [5.41, 5.74) is 2.46. The van der Waals surface area contributed by atoms with E-state index < -0.39 is 0 Å². The first kappa shape index (κ1) is 17.7. The number of aromatic nitrogens is 1. The minimum atomic E-state index is -0.228. The summed E-state index contributed by atoms with van der Waals surface area (Å²) < 4.78 is 0. The molecule has 4 nitrogen and oxygen atoms in total. The quantitative estimate of drug-likeness (QED) is 0.695. The van der Waals surface area contributed by atoms with Crippen LogP contribution in [0.2, 0.25) is 0 Å². The van der Waals surface area contributed by atoms with Gasteiger partial charge in [-0.25, -0.2) is 4.98 Å². The number of hydrogen-bond donors (Lipinski definition) is 2. The topological polar surface area (TPSA) is 54.0 Å². The van der Waals surface area contributed by atoms with Crippen molar-refractivity contribution in [3.05, 3.63) is 95.7 Å². The van der Waals surface area contributed by atoms with Crippen molar-refractivity contribution in [2.45, 2.75) is 25.9 Å². The molecule has 0 saturated heterocycles. The second-order valence-corrected chi connectivity index (χ2v) is 6.43. The summed E-state index contributed by atoms with van der Waals surface area (Å²) in [7, 11) is 0.